The van der Waals surface area contributed by atoms with Gasteiger partial charge in [0, 0.05) is 37.9 Å². The second-order valence-electron chi connectivity index (χ2n) is 16.8. The molecule has 1 aliphatic rings. The van der Waals surface area contributed by atoms with Crippen LogP contribution in [0.4, 0.5) is 4.79 Å². The van der Waals surface area contributed by atoms with E-state index < -0.39 is 12.1 Å². The number of aryl methyl sites for hydroxylation is 1. The van der Waals surface area contributed by atoms with Crippen molar-refractivity contribution in [2.24, 2.45) is 11.7 Å². The topological polar surface area (TPSA) is 179 Å². The highest BCUT2D eigenvalue weighted by Gasteiger charge is 2.29. The summed E-state index contributed by atoms with van der Waals surface area (Å²) in [6.45, 7) is 9.98. The van der Waals surface area contributed by atoms with Crippen LogP contribution >= 0.6 is 0 Å². The number of carbonyl (C=O) groups is 4. The summed E-state index contributed by atoms with van der Waals surface area (Å²) < 4.78 is 22.2. The molecule has 0 fully saturated rings. The normalized spacial score (nSPS) is 12.9. The summed E-state index contributed by atoms with van der Waals surface area (Å²) in [6, 6.07) is 24.4. The van der Waals surface area contributed by atoms with Gasteiger partial charge in [-0.2, -0.15) is 0 Å². The highest BCUT2D eigenvalue weighted by molar-refractivity contribution is 5.87. The van der Waals surface area contributed by atoms with Crippen molar-refractivity contribution in [2.75, 3.05) is 65.9 Å². The van der Waals surface area contributed by atoms with Crippen LogP contribution in [0, 0.1) is 5.92 Å². The van der Waals surface area contributed by atoms with Gasteiger partial charge in [0.05, 0.1) is 39.6 Å². The van der Waals surface area contributed by atoms with Crippen molar-refractivity contribution in [1.29, 1.82) is 0 Å². The van der Waals surface area contributed by atoms with E-state index in [-0.39, 0.29) is 49.3 Å². The first-order chi connectivity index (χ1) is 30.6. The maximum absolute atomic E-state index is 13.2. The molecule has 0 aliphatic heterocycles. The summed E-state index contributed by atoms with van der Waals surface area (Å²) >= 11 is 0. The van der Waals surface area contributed by atoms with Crippen LogP contribution in [0.5, 0.6) is 0 Å². The predicted octanol–water partition coefficient (Wildman–Crippen LogP) is 6.59. The average Bonchev–Trinajstić information content (AvgIpc) is 3.59. The fourth-order valence-electron chi connectivity index (χ4n) is 7.68. The molecule has 2 atom stereocenters. The Kier molecular flexibility index (Phi) is 23.8. The first kappa shape index (κ1) is 50.8. The maximum atomic E-state index is 13.2. The number of unbranched alkanes of at least 4 members (excludes halogenated alkanes) is 2. The van der Waals surface area contributed by atoms with Gasteiger partial charge in [-0.05, 0) is 111 Å². The van der Waals surface area contributed by atoms with Crippen LogP contribution in [0.25, 0.3) is 11.1 Å². The lowest BCUT2D eigenvalue weighted by Crippen LogP contribution is -2.49. The van der Waals surface area contributed by atoms with E-state index >= 15 is 0 Å². The lowest BCUT2D eigenvalue weighted by Gasteiger charge is -2.21. The smallest absolute Gasteiger partial charge is 0.407 e. The lowest BCUT2D eigenvalue weighted by atomic mass is 9.98. The molecule has 0 radical (unpaired) electrons. The van der Waals surface area contributed by atoms with Gasteiger partial charge in [0.1, 0.15) is 12.6 Å². The molecule has 0 heterocycles. The second-order valence-corrected chi connectivity index (χ2v) is 16.8. The number of benzene rings is 3. The van der Waals surface area contributed by atoms with Crippen molar-refractivity contribution >= 4 is 23.8 Å². The van der Waals surface area contributed by atoms with Gasteiger partial charge in [0.2, 0.25) is 17.7 Å². The van der Waals surface area contributed by atoms with Crippen molar-refractivity contribution in [3.8, 4) is 11.1 Å². The molecular weight excluding hydrogens is 799 g/mol. The third kappa shape index (κ3) is 19.6. The van der Waals surface area contributed by atoms with E-state index in [9.17, 15) is 19.2 Å². The number of alkyl carbamates (subject to hydrolysis) is 1. The Balaban J connectivity index is 0.965. The highest BCUT2D eigenvalue weighted by atomic mass is 16.6. The van der Waals surface area contributed by atoms with Crippen molar-refractivity contribution in [1.82, 2.24) is 21.3 Å². The van der Waals surface area contributed by atoms with Crippen molar-refractivity contribution in [2.45, 2.75) is 109 Å². The molecule has 3 aromatic carbocycles. The lowest BCUT2D eigenvalue weighted by molar-refractivity contribution is -0.130. The Labute approximate surface area is 375 Å². The van der Waals surface area contributed by atoms with Crippen LogP contribution in [0.15, 0.2) is 72.8 Å². The molecule has 1 aliphatic carbocycles. The summed E-state index contributed by atoms with van der Waals surface area (Å²) in [5.74, 6) is 0.250. The molecule has 2 unspecified atom stereocenters. The zero-order valence-corrected chi connectivity index (χ0v) is 37.9. The van der Waals surface area contributed by atoms with E-state index in [0.717, 1.165) is 51.4 Å². The van der Waals surface area contributed by atoms with Gasteiger partial charge in [0.25, 0.3) is 0 Å². The SMILES string of the molecule is CC(C)Cc1ccc(CCCC(=O)NCCCCC(C)NC(=O)C(CCCCN)NC(=O)CCOCCOCCOCCNC(=O)OCC2c3ccccc3-c3ccccc32)cc1. The summed E-state index contributed by atoms with van der Waals surface area (Å²) in [4.78, 5) is 50.6. The van der Waals surface area contributed by atoms with Crippen molar-refractivity contribution < 1.29 is 38.1 Å². The number of hydrogen-bond acceptors (Lipinski definition) is 9. The number of carbonyl (C=O) groups excluding carboxylic acids is 4. The standard InChI is InChI=1S/C50H73N5O8/c1-37(2)35-40-23-21-39(22-24-40)14-12-20-47(56)52-27-11-9-13-38(3)54-49(58)46(19-8-10-26-51)55-48(57)25-29-60-31-33-62-34-32-61-30-28-53-50(59)63-36-45-43-17-6-4-15-41(43)42-16-5-7-18-44(42)45/h4-7,15-18,21-24,37-38,45-46H,8-14,19-20,25-36,51H2,1-3H3,(H,52,56)(H,53,59)(H,54,58)(H,55,57). The van der Waals surface area contributed by atoms with E-state index in [0.29, 0.717) is 71.4 Å². The Morgan fingerprint density at radius 3 is 1.90 bits per heavy atom. The number of nitrogens with one attached hydrogen (secondary N) is 4. The summed E-state index contributed by atoms with van der Waals surface area (Å²) in [5.41, 5.74) is 13.0. The third-order valence-electron chi connectivity index (χ3n) is 11.0. The summed E-state index contributed by atoms with van der Waals surface area (Å²) in [7, 11) is 0. The van der Waals surface area contributed by atoms with E-state index in [1.165, 1.54) is 33.4 Å². The molecule has 4 rings (SSSR count). The van der Waals surface area contributed by atoms with Gasteiger partial charge in [-0.3, -0.25) is 14.4 Å². The zero-order valence-electron chi connectivity index (χ0n) is 37.9. The van der Waals surface area contributed by atoms with E-state index in [1.54, 1.807) is 0 Å². The van der Waals surface area contributed by atoms with Crippen LogP contribution in [-0.4, -0.2) is 102 Å². The monoisotopic (exact) mass is 872 g/mol. The van der Waals surface area contributed by atoms with E-state index in [4.69, 9.17) is 24.7 Å². The molecule has 3 aromatic rings. The number of fused-ring (bicyclic) bond motifs is 3. The fourth-order valence-corrected chi connectivity index (χ4v) is 7.68. The number of amides is 4. The maximum Gasteiger partial charge on any atom is 0.407 e. The summed E-state index contributed by atoms with van der Waals surface area (Å²) in [5, 5.41) is 11.7. The zero-order chi connectivity index (χ0) is 45.1. The number of rotatable bonds is 32. The third-order valence-corrected chi connectivity index (χ3v) is 11.0. The molecule has 63 heavy (non-hydrogen) atoms. The minimum Gasteiger partial charge on any atom is -0.449 e. The Hall–Kier alpha value is -4.82. The Morgan fingerprint density at radius 1 is 0.619 bits per heavy atom. The molecule has 346 valence electrons. The molecule has 0 saturated heterocycles. The molecule has 4 amide bonds. The van der Waals surface area contributed by atoms with Crippen LogP contribution < -0.4 is 27.0 Å². The Bertz CT molecular complexity index is 1760. The Morgan fingerprint density at radius 2 is 1.24 bits per heavy atom. The molecular formula is C50H73N5O8. The van der Waals surface area contributed by atoms with Gasteiger partial charge in [-0.1, -0.05) is 86.6 Å². The summed E-state index contributed by atoms with van der Waals surface area (Å²) in [6.07, 6.45) is 7.35. The quantitative estimate of drug-likeness (QED) is 0.0433. The molecule has 6 N–H and O–H groups in total. The number of hydrogen-bond donors (Lipinski definition) is 5. The molecule has 0 saturated carbocycles. The first-order valence-electron chi connectivity index (χ1n) is 23.1. The average molecular weight is 872 g/mol. The van der Waals surface area contributed by atoms with Crippen molar-refractivity contribution in [3.63, 3.8) is 0 Å². The highest BCUT2D eigenvalue weighted by Crippen LogP contribution is 2.44. The molecule has 13 heteroatoms. The van der Waals surface area contributed by atoms with Crippen LogP contribution in [0.1, 0.15) is 107 Å². The van der Waals surface area contributed by atoms with Gasteiger partial charge < -0.3 is 45.9 Å². The van der Waals surface area contributed by atoms with Crippen LogP contribution in [-0.2, 0) is 46.2 Å². The molecule has 0 spiro atoms. The van der Waals surface area contributed by atoms with Gasteiger partial charge in [0.15, 0.2) is 0 Å². The predicted molar refractivity (Wildman–Crippen MR) is 247 cm³/mol. The minimum absolute atomic E-state index is 0.00938. The van der Waals surface area contributed by atoms with Gasteiger partial charge in [-0.15, -0.1) is 0 Å². The van der Waals surface area contributed by atoms with E-state index in [2.05, 4.69) is 83.6 Å². The number of ether oxygens (including phenoxy) is 4. The van der Waals surface area contributed by atoms with Crippen molar-refractivity contribution in [3.05, 3.63) is 95.1 Å². The number of nitrogens with two attached hydrogens (primary N) is 1. The van der Waals surface area contributed by atoms with E-state index in [1.807, 2.05) is 31.2 Å². The molecule has 0 aromatic heterocycles. The first-order valence-corrected chi connectivity index (χ1v) is 23.1. The largest absolute Gasteiger partial charge is 0.449 e. The van der Waals surface area contributed by atoms with Crippen LogP contribution in [0.2, 0.25) is 0 Å². The molecule has 0 bridgehead atoms. The minimum atomic E-state index is -0.652. The van der Waals surface area contributed by atoms with Gasteiger partial charge >= 0.3 is 6.09 Å². The van der Waals surface area contributed by atoms with Crippen LogP contribution in [0.3, 0.4) is 0 Å². The second kappa shape index (κ2) is 29.5. The molecule has 13 nitrogen and oxygen atoms in total. The van der Waals surface area contributed by atoms with Gasteiger partial charge in [-0.25, -0.2) is 4.79 Å². The fraction of sp³-hybridized carbons (Fsp3) is 0.560.